The van der Waals surface area contributed by atoms with Crippen LogP contribution in [0.3, 0.4) is 0 Å². The molecule has 0 atom stereocenters. The van der Waals surface area contributed by atoms with Gasteiger partial charge in [-0.1, -0.05) is 0 Å². The van der Waals surface area contributed by atoms with Crippen LogP contribution in [0.1, 0.15) is 13.8 Å². The number of carbonyl (C=O) groups excluding carboxylic acids is 2. The van der Waals surface area contributed by atoms with Crippen molar-refractivity contribution >= 4 is 28.3 Å². The van der Waals surface area contributed by atoms with Crippen LogP contribution >= 0.6 is 0 Å². The number of carbonyl (C=O) groups is 2. The Hall–Kier alpha value is -2.43. The number of hydrogen-bond donors (Lipinski definition) is 1. The van der Waals surface area contributed by atoms with Gasteiger partial charge in [-0.15, -0.1) is 0 Å². The van der Waals surface area contributed by atoms with Crippen molar-refractivity contribution in [1.82, 2.24) is 4.98 Å². The molecule has 0 saturated heterocycles. The predicted molar refractivity (Wildman–Crippen MR) is 67.4 cm³/mol. The molecule has 18 heavy (non-hydrogen) atoms. The molecule has 0 aliphatic rings. The van der Waals surface area contributed by atoms with Crippen molar-refractivity contribution < 1.29 is 14.3 Å². The number of esters is 1. The number of amides is 1. The molecule has 0 fully saturated rings. The second kappa shape index (κ2) is 4.83. The lowest BCUT2D eigenvalue weighted by Gasteiger charge is -2.10. The van der Waals surface area contributed by atoms with Gasteiger partial charge in [0.2, 0.25) is 5.91 Å². The summed E-state index contributed by atoms with van der Waals surface area (Å²) in [5.41, 5.74) is 0.640. The van der Waals surface area contributed by atoms with Crippen LogP contribution in [0.25, 0.3) is 10.8 Å². The van der Waals surface area contributed by atoms with Crippen molar-refractivity contribution in [3.63, 3.8) is 0 Å². The van der Waals surface area contributed by atoms with E-state index in [2.05, 4.69) is 10.3 Å². The molecule has 5 heteroatoms. The summed E-state index contributed by atoms with van der Waals surface area (Å²) in [4.78, 5) is 26.1. The van der Waals surface area contributed by atoms with Crippen molar-refractivity contribution in [3.8, 4) is 5.75 Å². The summed E-state index contributed by atoms with van der Waals surface area (Å²) < 4.78 is 5.11. The van der Waals surface area contributed by atoms with E-state index in [0.29, 0.717) is 11.4 Å². The molecule has 0 aliphatic heterocycles. The number of fused-ring (bicyclic) bond motifs is 1. The van der Waals surface area contributed by atoms with Crippen molar-refractivity contribution in [2.75, 3.05) is 5.32 Å². The van der Waals surface area contributed by atoms with Crippen LogP contribution < -0.4 is 10.1 Å². The van der Waals surface area contributed by atoms with Gasteiger partial charge < -0.3 is 10.1 Å². The normalized spacial score (nSPS) is 10.1. The molecule has 2 aromatic rings. The van der Waals surface area contributed by atoms with E-state index in [1.54, 1.807) is 30.6 Å². The van der Waals surface area contributed by atoms with Gasteiger partial charge in [0.05, 0.1) is 5.69 Å². The zero-order valence-corrected chi connectivity index (χ0v) is 10.1. The minimum Gasteiger partial charge on any atom is -0.426 e. The highest BCUT2D eigenvalue weighted by Gasteiger charge is 2.09. The Kier molecular flexibility index (Phi) is 3.23. The van der Waals surface area contributed by atoms with Crippen LogP contribution in [-0.2, 0) is 9.59 Å². The Morgan fingerprint density at radius 3 is 2.61 bits per heavy atom. The number of ether oxygens (including phenoxy) is 1. The molecule has 0 unspecified atom stereocenters. The van der Waals surface area contributed by atoms with Gasteiger partial charge in [-0.05, 0) is 18.2 Å². The maximum absolute atomic E-state index is 11.1. The first-order valence-electron chi connectivity index (χ1n) is 5.40. The van der Waals surface area contributed by atoms with Crippen LogP contribution in [0.4, 0.5) is 5.69 Å². The lowest BCUT2D eigenvalue weighted by atomic mass is 10.1. The third-order valence-electron chi connectivity index (χ3n) is 2.34. The molecule has 0 aliphatic carbocycles. The molecule has 1 aromatic carbocycles. The number of nitrogens with one attached hydrogen (secondary N) is 1. The van der Waals surface area contributed by atoms with Gasteiger partial charge >= 0.3 is 5.97 Å². The smallest absolute Gasteiger partial charge is 0.308 e. The topological polar surface area (TPSA) is 68.3 Å². The number of anilines is 1. The fourth-order valence-corrected chi connectivity index (χ4v) is 1.71. The van der Waals surface area contributed by atoms with E-state index in [9.17, 15) is 9.59 Å². The molecule has 0 saturated carbocycles. The third kappa shape index (κ3) is 2.45. The van der Waals surface area contributed by atoms with Crippen LogP contribution in [0.5, 0.6) is 5.75 Å². The first kappa shape index (κ1) is 12.0. The maximum atomic E-state index is 11.1. The zero-order valence-electron chi connectivity index (χ0n) is 10.1. The number of aromatic nitrogens is 1. The van der Waals surface area contributed by atoms with E-state index in [0.717, 1.165) is 10.8 Å². The SMILES string of the molecule is CC(=O)Nc1ccc(OC(C)=O)c2ccncc12. The Bertz CT molecular complexity index is 568. The van der Waals surface area contributed by atoms with Crippen LogP contribution in [0, 0.1) is 0 Å². The van der Waals surface area contributed by atoms with E-state index >= 15 is 0 Å². The fourth-order valence-electron chi connectivity index (χ4n) is 1.71. The lowest BCUT2D eigenvalue weighted by molar-refractivity contribution is -0.131. The van der Waals surface area contributed by atoms with Crippen molar-refractivity contribution in [3.05, 3.63) is 30.6 Å². The first-order chi connectivity index (χ1) is 8.58. The number of benzene rings is 1. The van der Waals surface area contributed by atoms with Crippen LogP contribution in [0.2, 0.25) is 0 Å². The number of hydrogen-bond acceptors (Lipinski definition) is 4. The van der Waals surface area contributed by atoms with Crippen molar-refractivity contribution in [2.24, 2.45) is 0 Å². The lowest BCUT2D eigenvalue weighted by Crippen LogP contribution is -2.07. The highest BCUT2D eigenvalue weighted by molar-refractivity contribution is 6.03. The summed E-state index contributed by atoms with van der Waals surface area (Å²) >= 11 is 0. The molecule has 2 rings (SSSR count). The average Bonchev–Trinajstić information content (AvgIpc) is 2.31. The van der Waals surface area contributed by atoms with E-state index in [1.807, 2.05) is 0 Å². The van der Waals surface area contributed by atoms with Crippen LogP contribution in [0.15, 0.2) is 30.6 Å². The maximum Gasteiger partial charge on any atom is 0.308 e. The molecule has 0 radical (unpaired) electrons. The highest BCUT2D eigenvalue weighted by atomic mass is 16.5. The Morgan fingerprint density at radius 1 is 1.17 bits per heavy atom. The zero-order chi connectivity index (χ0) is 13.1. The fraction of sp³-hybridized carbons (Fsp3) is 0.154. The summed E-state index contributed by atoms with van der Waals surface area (Å²) in [7, 11) is 0. The molecule has 1 heterocycles. The van der Waals surface area contributed by atoms with E-state index in [4.69, 9.17) is 4.74 Å². The van der Waals surface area contributed by atoms with Gasteiger partial charge in [0.1, 0.15) is 5.75 Å². The van der Waals surface area contributed by atoms with Gasteiger partial charge in [-0.25, -0.2) is 0 Å². The van der Waals surface area contributed by atoms with Crippen LogP contribution in [-0.4, -0.2) is 16.9 Å². The van der Waals surface area contributed by atoms with Crippen molar-refractivity contribution in [1.29, 1.82) is 0 Å². The molecule has 5 nitrogen and oxygen atoms in total. The summed E-state index contributed by atoms with van der Waals surface area (Å²) in [6.45, 7) is 2.77. The standard InChI is InChI=1S/C13H12N2O3/c1-8(16)15-12-3-4-13(18-9(2)17)10-5-6-14-7-11(10)12/h3-7H,1-2H3,(H,15,16). The summed E-state index contributed by atoms with van der Waals surface area (Å²) in [6, 6.07) is 5.07. The van der Waals surface area contributed by atoms with Gasteiger partial charge in [0.15, 0.2) is 0 Å². The minimum atomic E-state index is -0.389. The average molecular weight is 244 g/mol. The third-order valence-corrected chi connectivity index (χ3v) is 2.34. The molecular formula is C13H12N2O3. The number of pyridine rings is 1. The quantitative estimate of drug-likeness (QED) is 0.649. The Labute approximate surface area is 104 Å². The molecule has 1 aromatic heterocycles. The highest BCUT2D eigenvalue weighted by Crippen LogP contribution is 2.31. The van der Waals surface area contributed by atoms with Gasteiger partial charge in [-0.3, -0.25) is 14.6 Å². The minimum absolute atomic E-state index is 0.166. The second-order valence-electron chi connectivity index (χ2n) is 3.81. The van der Waals surface area contributed by atoms with Gasteiger partial charge in [0, 0.05) is 37.0 Å². The van der Waals surface area contributed by atoms with E-state index in [1.165, 1.54) is 13.8 Å². The number of rotatable bonds is 2. The molecule has 0 bridgehead atoms. The molecule has 1 N–H and O–H groups in total. The van der Waals surface area contributed by atoms with E-state index in [-0.39, 0.29) is 11.9 Å². The summed E-state index contributed by atoms with van der Waals surface area (Å²) in [6.07, 6.45) is 3.22. The Morgan fingerprint density at radius 2 is 1.94 bits per heavy atom. The van der Waals surface area contributed by atoms with E-state index < -0.39 is 0 Å². The first-order valence-corrected chi connectivity index (χ1v) is 5.40. The summed E-state index contributed by atoms with van der Waals surface area (Å²) in [5.74, 6) is -0.102. The molecule has 1 amide bonds. The summed E-state index contributed by atoms with van der Waals surface area (Å²) in [5, 5.41) is 4.17. The Balaban J connectivity index is 2.58. The predicted octanol–water partition coefficient (Wildman–Crippen LogP) is 2.12. The largest absolute Gasteiger partial charge is 0.426 e. The molecule has 0 spiro atoms. The number of nitrogens with zero attached hydrogens (tertiary/aromatic N) is 1. The van der Waals surface area contributed by atoms with Gasteiger partial charge in [0.25, 0.3) is 0 Å². The van der Waals surface area contributed by atoms with Gasteiger partial charge in [-0.2, -0.15) is 0 Å². The second-order valence-corrected chi connectivity index (χ2v) is 3.81. The molecular weight excluding hydrogens is 232 g/mol. The van der Waals surface area contributed by atoms with Crippen molar-refractivity contribution in [2.45, 2.75) is 13.8 Å². The monoisotopic (exact) mass is 244 g/mol. The molecule has 92 valence electrons.